The highest BCUT2D eigenvalue weighted by molar-refractivity contribution is 6.07. The Kier molecular flexibility index (Phi) is 3.21. The number of carbonyl (C=O) groups is 1. The smallest absolute Gasteiger partial charge is 0.261 e. The molecule has 0 bridgehead atoms. The minimum absolute atomic E-state index is 0.256. The summed E-state index contributed by atoms with van der Waals surface area (Å²) >= 11 is 0. The van der Waals surface area contributed by atoms with Gasteiger partial charge in [-0.3, -0.25) is 4.79 Å². The zero-order chi connectivity index (χ0) is 15.0. The van der Waals surface area contributed by atoms with Gasteiger partial charge in [0.05, 0.1) is 23.5 Å². The van der Waals surface area contributed by atoms with Crippen molar-refractivity contribution < 1.29 is 18.3 Å². The summed E-state index contributed by atoms with van der Waals surface area (Å²) < 4.78 is 32.8. The molecule has 3 rings (SSSR count). The molecule has 2 aromatic rings. The van der Waals surface area contributed by atoms with Crippen molar-refractivity contribution in [2.24, 2.45) is 0 Å². The van der Waals surface area contributed by atoms with Crippen molar-refractivity contribution in [2.45, 2.75) is 0 Å². The van der Waals surface area contributed by atoms with Crippen molar-refractivity contribution in [1.82, 2.24) is 0 Å². The quantitative estimate of drug-likeness (QED) is 0.821. The van der Waals surface area contributed by atoms with E-state index in [9.17, 15) is 13.6 Å². The molecule has 4 nitrogen and oxygen atoms in total. The second-order valence-electron chi connectivity index (χ2n) is 4.63. The van der Waals surface area contributed by atoms with Crippen LogP contribution in [-0.4, -0.2) is 19.1 Å². The number of nitrogens with zero attached hydrogens (tertiary/aromatic N) is 1. The summed E-state index contributed by atoms with van der Waals surface area (Å²) in [4.78, 5) is 13.9. The zero-order valence-corrected chi connectivity index (χ0v) is 11.0. The van der Waals surface area contributed by atoms with Crippen LogP contribution in [0.2, 0.25) is 0 Å². The Morgan fingerprint density at radius 3 is 2.81 bits per heavy atom. The first-order valence-electron chi connectivity index (χ1n) is 6.36. The van der Waals surface area contributed by atoms with Gasteiger partial charge in [0.15, 0.2) is 5.82 Å². The van der Waals surface area contributed by atoms with Gasteiger partial charge in [0.25, 0.3) is 5.91 Å². The summed E-state index contributed by atoms with van der Waals surface area (Å²) in [5.74, 6) is -1.78. The summed E-state index contributed by atoms with van der Waals surface area (Å²) in [6.07, 6.45) is 0. The predicted molar refractivity (Wildman–Crippen MR) is 74.4 cm³/mol. The van der Waals surface area contributed by atoms with Crippen molar-refractivity contribution in [3.63, 3.8) is 0 Å². The van der Waals surface area contributed by atoms with Crippen molar-refractivity contribution in [3.8, 4) is 5.75 Å². The monoisotopic (exact) mass is 290 g/mol. The second-order valence-corrected chi connectivity index (χ2v) is 4.63. The molecule has 1 aliphatic rings. The maximum Gasteiger partial charge on any atom is 0.261 e. The van der Waals surface area contributed by atoms with Crippen molar-refractivity contribution in [2.75, 3.05) is 23.8 Å². The van der Waals surface area contributed by atoms with Gasteiger partial charge in [-0.15, -0.1) is 0 Å². The lowest BCUT2D eigenvalue weighted by Crippen LogP contribution is -2.38. The van der Waals surface area contributed by atoms with Crippen molar-refractivity contribution in [3.05, 3.63) is 53.6 Å². The molecule has 0 aliphatic carbocycles. The van der Waals surface area contributed by atoms with Gasteiger partial charge >= 0.3 is 0 Å². The van der Waals surface area contributed by atoms with E-state index in [4.69, 9.17) is 10.5 Å². The third kappa shape index (κ3) is 2.29. The van der Waals surface area contributed by atoms with Gasteiger partial charge in [-0.05, 0) is 24.3 Å². The molecule has 0 fully saturated rings. The number of rotatable bonds is 1. The fraction of sp³-hybridized carbons (Fsp3) is 0.133. The van der Waals surface area contributed by atoms with Crippen LogP contribution in [0.3, 0.4) is 0 Å². The Morgan fingerprint density at radius 2 is 2.00 bits per heavy atom. The number of benzene rings is 2. The van der Waals surface area contributed by atoms with E-state index < -0.39 is 17.5 Å². The predicted octanol–water partition coefficient (Wildman–Crippen LogP) is 2.59. The van der Waals surface area contributed by atoms with Gasteiger partial charge in [-0.25, -0.2) is 8.78 Å². The molecule has 1 heterocycles. The fourth-order valence-corrected chi connectivity index (χ4v) is 2.29. The Bertz CT molecular complexity index is 719. The number of anilines is 2. The molecular weight excluding hydrogens is 278 g/mol. The Hall–Kier alpha value is -2.63. The van der Waals surface area contributed by atoms with Gasteiger partial charge in [0.1, 0.15) is 18.2 Å². The molecule has 0 atom stereocenters. The molecule has 0 spiro atoms. The lowest BCUT2D eigenvalue weighted by Gasteiger charge is -2.29. The third-order valence-electron chi connectivity index (χ3n) is 3.27. The van der Waals surface area contributed by atoms with Crippen LogP contribution in [0, 0.1) is 11.6 Å². The van der Waals surface area contributed by atoms with E-state index in [0.29, 0.717) is 11.4 Å². The lowest BCUT2D eigenvalue weighted by molar-refractivity contribution is 0.0972. The molecule has 2 N–H and O–H groups in total. The number of nitrogens with two attached hydrogens (primary N) is 1. The SMILES string of the molecule is Nc1cc(F)cc(C(=O)N2CCOc3ccccc32)c1F. The van der Waals surface area contributed by atoms with E-state index in [1.807, 2.05) is 0 Å². The van der Waals surface area contributed by atoms with Gasteiger partial charge < -0.3 is 15.4 Å². The van der Waals surface area contributed by atoms with Gasteiger partial charge in [-0.1, -0.05) is 12.1 Å². The molecule has 1 aliphatic heterocycles. The standard InChI is InChI=1S/C15H12F2N2O2/c16-9-7-10(14(17)11(18)8-9)15(20)19-5-6-21-13-4-2-1-3-12(13)19/h1-4,7-8H,5-6,18H2. The minimum Gasteiger partial charge on any atom is -0.490 e. The van der Waals surface area contributed by atoms with Gasteiger partial charge in [0.2, 0.25) is 0 Å². The molecule has 21 heavy (non-hydrogen) atoms. The second kappa shape index (κ2) is 5.05. The van der Waals surface area contributed by atoms with Crippen LogP contribution in [-0.2, 0) is 0 Å². The van der Waals surface area contributed by atoms with Crippen LogP contribution in [0.15, 0.2) is 36.4 Å². The molecular formula is C15H12F2N2O2. The van der Waals surface area contributed by atoms with Crippen LogP contribution in [0.1, 0.15) is 10.4 Å². The Morgan fingerprint density at radius 1 is 1.24 bits per heavy atom. The number of fused-ring (bicyclic) bond motifs is 1. The topological polar surface area (TPSA) is 55.6 Å². The molecule has 108 valence electrons. The maximum absolute atomic E-state index is 14.0. The van der Waals surface area contributed by atoms with E-state index in [-0.39, 0.29) is 24.4 Å². The highest BCUT2D eigenvalue weighted by Crippen LogP contribution is 2.32. The van der Waals surface area contributed by atoms with E-state index in [0.717, 1.165) is 12.1 Å². The molecule has 0 unspecified atom stereocenters. The van der Waals surface area contributed by atoms with Gasteiger partial charge in [-0.2, -0.15) is 0 Å². The first-order valence-corrected chi connectivity index (χ1v) is 6.36. The first-order chi connectivity index (χ1) is 10.1. The van der Waals surface area contributed by atoms with E-state index in [1.54, 1.807) is 24.3 Å². The molecule has 0 aromatic heterocycles. The number of carbonyl (C=O) groups excluding carboxylic acids is 1. The summed E-state index contributed by atoms with van der Waals surface area (Å²) in [6.45, 7) is 0.543. The van der Waals surface area contributed by atoms with E-state index in [2.05, 4.69) is 0 Å². The first kappa shape index (κ1) is 13.4. The number of nitrogen functional groups attached to an aromatic ring is 1. The normalized spacial score (nSPS) is 13.5. The number of hydrogen-bond acceptors (Lipinski definition) is 3. The lowest BCUT2D eigenvalue weighted by atomic mass is 10.1. The average Bonchev–Trinajstić information content (AvgIpc) is 2.49. The highest BCUT2D eigenvalue weighted by atomic mass is 19.1. The number of halogens is 2. The molecule has 0 radical (unpaired) electrons. The van der Waals surface area contributed by atoms with Crippen molar-refractivity contribution in [1.29, 1.82) is 0 Å². The van der Waals surface area contributed by atoms with E-state index >= 15 is 0 Å². The largest absolute Gasteiger partial charge is 0.490 e. The maximum atomic E-state index is 14.0. The minimum atomic E-state index is -0.912. The Balaban J connectivity index is 2.05. The summed E-state index contributed by atoms with van der Waals surface area (Å²) in [6, 6.07) is 8.61. The molecule has 0 saturated heterocycles. The third-order valence-corrected chi connectivity index (χ3v) is 3.27. The number of hydrogen-bond donors (Lipinski definition) is 1. The highest BCUT2D eigenvalue weighted by Gasteiger charge is 2.27. The van der Waals surface area contributed by atoms with Crippen LogP contribution in [0.4, 0.5) is 20.2 Å². The van der Waals surface area contributed by atoms with Gasteiger partial charge in [0, 0.05) is 0 Å². The summed E-state index contributed by atoms with van der Waals surface area (Å²) in [7, 11) is 0. The van der Waals surface area contributed by atoms with Crippen LogP contribution in [0.5, 0.6) is 5.75 Å². The summed E-state index contributed by atoms with van der Waals surface area (Å²) in [5.41, 5.74) is 5.12. The molecule has 1 amide bonds. The number of amides is 1. The van der Waals surface area contributed by atoms with Crippen LogP contribution in [0.25, 0.3) is 0 Å². The fourth-order valence-electron chi connectivity index (χ4n) is 2.29. The van der Waals surface area contributed by atoms with Crippen molar-refractivity contribution >= 4 is 17.3 Å². The molecule has 2 aromatic carbocycles. The van der Waals surface area contributed by atoms with E-state index in [1.165, 1.54) is 4.90 Å². The van der Waals surface area contributed by atoms with Crippen LogP contribution < -0.4 is 15.4 Å². The number of ether oxygens (including phenoxy) is 1. The van der Waals surface area contributed by atoms with Crippen LogP contribution >= 0.6 is 0 Å². The molecule has 0 saturated carbocycles. The average molecular weight is 290 g/mol. The summed E-state index contributed by atoms with van der Waals surface area (Å²) in [5, 5.41) is 0. The molecule has 6 heteroatoms. The number of para-hydroxylation sites is 2. The zero-order valence-electron chi connectivity index (χ0n) is 11.0. The Labute approximate surface area is 119 Å².